The van der Waals surface area contributed by atoms with Crippen molar-refractivity contribution in [3.05, 3.63) is 65.2 Å². The Balaban J connectivity index is 2.17. The van der Waals surface area contributed by atoms with Gasteiger partial charge in [0.25, 0.3) is 0 Å². The Hall–Kier alpha value is -2.86. The normalized spacial score (nSPS) is 11.4. The number of rotatable bonds is 9. The average Bonchev–Trinajstić information content (AvgIpc) is 2.67. The minimum atomic E-state index is -0.564. The Labute approximate surface area is 178 Å². The first kappa shape index (κ1) is 23.4. The van der Waals surface area contributed by atoms with Gasteiger partial charge in [0, 0.05) is 25.1 Å². The van der Waals surface area contributed by atoms with E-state index < -0.39 is 5.60 Å². The summed E-state index contributed by atoms with van der Waals surface area (Å²) in [6.45, 7) is 6.51. The van der Waals surface area contributed by atoms with Crippen LogP contribution in [-0.4, -0.2) is 41.2 Å². The molecule has 2 aromatic rings. The fraction of sp³-hybridized carbons (Fsp3) is 0.417. The number of carbonyl (C=O) groups is 2. The van der Waals surface area contributed by atoms with Gasteiger partial charge in [0.05, 0.1) is 13.7 Å². The molecule has 0 fully saturated rings. The molecule has 0 aliphatic carbocycles. The number of esters is 2. The number of aromatic hydroxyl groups is 1. The molecular formula is C24H31NO5. The summed E-state index contributed by atoms with van der Waals surface area (Å²) < 4.78 is 10.2. The molecule has 6 nitrogen and oxygen atoms in total. The fourth-order valence-corrected chi connectivity index (χ4v) is 3.08. The summed E-state index contributed by atoms with van der Waals surface area (Å²) in [5.41, 5.74) is 2.11. The molecule has 30 heavy (non-hydrogen) atoms. The molecule has 0 unspecified atom stereocenters. The molecule has 162 valence electrons. The Bertz CT molecular complexity index is 842. The van der Waals surface area contributed by atoms with Crippen molar-refractivity contribution in [2.75, 3.05) is 13.7 Å². The van der Waals surface area contributed by atoms with Crippen molar-refractivity contribution < 1.29 is 24.2 Å². The number of phenolic OH excluding ortho intramolecular Hbond substituents is 1. The summed E-state index contributed by atoms with van der Waals surface area (Å²) in [6, 6.07) is 15.1. The summed E-state index contributed by atoms with van der Waals surface area (Å²) in [7, 11) is 1.36. The van der Waals surface area contributed by atoms with Crippen molar-refractivity contribution in [1.29, 1.82) is 0 Å². The molecule has 2 aromatic carbocycles. The SMILES string of the molecule is COC(=O)CCc1ccc(O)c(CN(CC(=O)OC(C)(C)C)Cc2ccccc2)c1. The van der Waals surface area contributed by atoms with Gasteiger partial charge in [-0.3, -0.25) is 14.5 Å². The smallest absolute Gasteiger partial charge is 0.320 e. The van der Waals surface area contributed by atoms with Crippen LogP contribution in [0.2, 0.25) is 0 Å². The Morgan fingerprint density at radius 3 is 2.30 bits per heavy atom. The second-order valence-electron chi connectivity index (χ2n) is 8.26. The number of benzene rings is 2. The molecule has 0 amide bonds. The van der Waals surface area contributed by atoms with E-state index in [0.717, 1.165) is 11.1 Å². The molecule has 0 aromatic heterocycles. The van der Waals surface area contributed by atoms with Crippen LogP contribution in [0.4, 0.5) is 0 Å². The van der Waals surface area contributed by atoms with Gasteiger partial charge < -0.3 is 14.6 Å². The number of aryl methyl sites for hydroxylation is 1. The van der Waals surface area contributed by atoms with Gasteiger partial charge in [-0.1, -0.05) is 42.5 Å². The van der Waals surface area contributed by atoms with Crippen molar-refractivity contribution in [2.24, 2.45) is 0 Å². The molecule has 1 N–H and O–H groups in total. The minimum Gasteiger partial charge on any atom is -0.508 e. The predicted molar refractivity (Wildman–Crippen MR) is 115 cm³/mol. The van der Waals surface area contributed by atoms with Crippen LogP contribution in [0.25, 0.3) is 0 Å². The zero-order valence-electron chi connectivity index (χ0n) is 18.2. The second-order valence-corrected chi connectivity index (χ2v) is 8.26. The highest BCUT2D eigenvalue weighted by Gasteiger charge is 2.20. The summed E-state index contributed by atoms with van der Waals surface area (Å²) in [6.07, 6.45) is 0.789. The molecule has 2 rings (SSSR count). The van der Waals surface area contributed by atoms with E-state index in [9.17, 15) is 14.7 Å². The van der Waals surface area contributed by atoms with Gasteiger partial charge in [-0.25, -0.2) is 0 Å². The summed E-state index contributed by atoms with van der Waals surface area (Å²) >= 11 is 0. The third kappa shape index (κ3) is 8.25. The summed E-state index contributed by atoms with van der Waals surface area (Å²) in [4.78, 5) is 25.8. The lowest BCUT2D eigenvalue weighted by atomic mass is 10.0. The third-order valence-electron chi connectivity index (χ3n) is 4.41. The third-order valence-corrected chi connectivity index (χ3v) is 4.41. The number of phenols is 1. The zero-order valence-corrected chi connectivity index (χ0v) is 18.2. The van der Waals surface area contributed by atoms with E-state index in [-0.39, 0.29) is 30.7 Å². The molecule has 0 spiro atoms. The van der Waals surface area contributed by atoms with Crippen LogP contribution in [0.15, 0.2) is 48.5 Å². The van der Waals surface area contributed by atoms with Crippen LogP contribution >= 0.6 is 0 Å². The second kappa shape index (κ2) is 10.8. The molecule has 0 saturated heterocycles. The standard InChI is InChI=1S/C24H31NO5/c1-24(2,3)30-23(28)17-25(15-19-8-6-5-7-9-19)16-20-14-18(10-12-21(20)26)11-13-22(27)29-4/h5-10,12,14,26H,11,13,15-17H2,1-4H3. The van der Waals surface area contributed by atoms with Gasteiger partial charge in [-0.2, -0.15) is 0 Å². The van der Waals surface area contributed by atoms with Crippen molar-refractivity contribution in [3.63, 3.8) is 0 Å². The van der Waals surface area contributed by atoms with Crippen molar-refractivity contribution in [3.8, 4) is 5.75 Å². The van der Waals surface area contributed by atoms with E-state index >= 15 is 0 Å². The quantitative estimate of drug-likeness (QED) is 0.630. The zero-order chi connectivity index (χ0) is 22.1. The number of hydrogen-bond acceptors (Lipinski definition) is 6. The van der Waals surface area contributed by atoms with Crippen LogP contribution < -0.4 is 0 Å². The maximum atomic E-state index is 12.4. The van der Waals surface area contributed by atoms with Gasteiger partial charge in [0.2, 0.25) is 0 Å². The highest BCUT2D eigenvalue weighted by Crippen LogP contribution is 2.22. The van der Waals surface area contributed by atoms with E-state index in [1.807, 2.05) is 62.1 Å². The molecular weight excluding hydrogens is 382 g/mol. The first-order valence-electron chi connectivity index (χ1n) is 10.0. The Kier molecular flexibility index (Phi) is 8.42. The van der Waals surface area contributed by atoms with Crippen LogP contribution in [0.3, 0.4) is 0 Å². The highest BCUT2D eigenvalue weighted by molar-refractivity contribution is 5.72. The minimum absolute atomic E-state index is 0.0952. The van der Waals surface area contributed by atoms with Crippen LogP contribution in [-0.2, 0) is 38.6 Å². The topological polar surface area (TPSA) is 76.1 Å². The molecule has 0 aliphatic heterocycles. The molecule has 0 atom stereocenters. The van der Waals surface area contributed by atoms with Gasteiger partial charge in [0.15, 0.2) is 0 Å². The highest BCUT2D eigenvalue weighted by atomic mass is 16.6. The Morgan fingerprint density at radius 1 is 0.967 bits per heavy atom. The van der Waals surface area contributed by atoms with Crippen LogP contribution in [0.1, 0.15) is 43.9 Å². The largest absolute Gasteiger partial charge is 0.508 e. The lowest BCUT2D eigenvalue weighted by Gasteiger charge is -2.25. The number of carbonyl (C=O) groups excluding carboxylic acids is 2. The summed E-state index contributed by atoms with van der Waals surface area (Å²) in [5.74, 6) is -0.445. The molecule has 0 saturated carbocycles. The van der Waals surface area contributed by atoms with Gasteiger partial charge in [-0.05, 0) is 44.4 Å². The van der Waals surface area contributed by atoms with Gasteiger partial charge >= 0.3 is 11.9 Å². The van der Waals surface area contributed by atoms with Gasteiger partial charge in [0.1, 0.15) is 11.4 Å². The van der Waals surface area contributed by atoms with E-state index in [4.69, 9.17) is 9.47 Å². The monoisotopic (exact) mass is 413 g/mol. The van der Waals surface area contributed by atoms with Crippen molar-refractivity contribution in [1.82, 2.24) is 4.90 Å². The maximum absolute atomic E-state index is 12.4. The summed E-state index contributed by atoms with van der Waals surface area (Å²) in [5, 5.41) is 10.4. The molecule has 6 heteroatoms. The van der Waals surface area contributed by atoms with E-state index in [1.165, 1.54) is 7.11 Å². The van der Waals surface area contributed by atoms with Gasteiger partial charge in [-0.15, -0.1) is 0 Å². The first-order chi connectivity index (χ1) is 14.2. The number of methoxy groups -OCH3 is 1. The molecule has 0 bridgehead atoms. The number of nitrogens with zero attached hydrogens (tertiary/aromatic N) is 1. The van der Waals surface area contributed by atoms with E-state index in [1.54, 1.807) is 12.1 Å². The Morgan fingerprint density at radius 2 is 1.67 bits per heavy atom. The van der Waals surface area contributed by atoms with E-state index in [2.05, 4.69) is 0 Å². The number of ether oxygens (including phenoxy) is 2. The predicted octanol–water partition coefficient (Wildman–Crippen LogP) is 3.84. The maximum Gasteiger partial charge on any atom is 0.320 e. The average molecular weight is 414 g/mol. The van der Waals surface area contributed by atoms with Crippen LogP contribution in [0, 0.1) is 0 Å². The van der Waals surface area contributed by atoms with E-state index in [0.29, 0.717) is 25.1 Å². The lowest BCUT2D eigenvalue weighted by molar-refractivity contribution is -0.156. The first-order valence-corrected chi connectivity index (χ1v) is 10.0. The molecule has 0 heterocycles. The van der Waals surface area contributed by atoms with Crippen LogP contribution in [0.5, 0.6) is 5.75 Å². The molecule has 0 aliphatic rings. The fourth-order valence-electron chi connectivity index (χ4n) is 3.08. The lowest BCUT2D eigenvalue weighted by Crippen LogP contribution is -2.34. The number of hydrogen-bond donors (Lipinski definition) is 1. The molecule has 0 radical (unpaired) electrons. The van der Waals surface area contributed by atoms with Crippen molar-refractivity contribution in [2.45, 2.75) is 52.3 Å². The van der Waals surface area contributed by atoms with Crippen molar-refractivity contribution >= 4 is 11.9 Å².